The Morgan fingerprint density at radius 2 is 1.94 bits per heavy atom. The van der Waals surface area contributed by atoms with E-state index in [2.05, 4.69) is 31.1 Å². The van der Waals surface area contributed by atoms with Gasteiger partial charge in [0.2, 0.25) is 5.91 Å². The number of carbonyl (C=O) groups excluding carboxylic acids is 3. The molecule has 1 N–H and O–H groups in total. The maximum absolute atomic E-state index is 13.5. The lowest BCUT2D eigenvalue weighted by Gasteiger charge is -2.46. The Hall–Kier alpha value is -3.28. The van der Waals surface area contributed by atoms with Gasteiger partial charge in [0.15, 0.2) is 5.78 Å². The van der Waals surface area contributed by atoms with Crippen molar-refractivity contribution in [2.75, 3.05) is 24.5 Å². The molecular formula is C22H17BrF3N5O3. The van der Waals surface area contributed by atoms with Crippen LogP contribution >= 0.6 is 15.9 Å². The lowest BCUT2D eigenvalue weighted by atomic mass is 9.74. The Balaban J connectivity index is 1.38. The smallest absolute Gasteiger partial charge is 0.334 e. The molecule has 0 aliphatic carbocycles. The summed E-state index contributed by atoms with van der Waals surface area (Å²) in [4.78, 5) is 45.8. The number of nitrogens with zero attached hydrogens (tertiary/aromatic N) is 4. The lowest BCUT2D eigenvalue weighted by molar-refractivity contribution is -0.143. The summed E-state index contributed by atoms with van der Waals surface area (Å²) in [5.74, 6) is -1.44. The van der Waals surface area contributed by atoms with Gasteiger partial charge in [-0.3, -0.25) is 19.5 Å². The molecule has 2 aliphatic rings. The molecule has 1 saturated heterocycles. The van der Waals surface area contributed by atoms with E-state index in [0.29, 0.717) is 26.8 Å². The molecule has 0 radical (unpaired) electrons. The van der Waals surface area contributed by atoms with Gasteiger partial charge in [-0.05, 0) is 24.3 Å². The summed E-state index contributed by atoms with van der Waals surface area (Å²) < 4.78 is 38.2. The Morgan fingerprint density at radius 1 is 1.18 bits per heavy atom. The van der Waals surface area contributed by atoms with Crippen molar-refractivity contribution in [1.82, 2.24) is 20.1 Å². The number of anilines is 1. The van der Waals surface area contributed by atoms with Crippen LogP contribution in [0.5, 0.6) is 0 Å². The number of carbonyl (C=O) groups is 3. The number of benzene rings is 1. The van der Waals surface area contributed by atoms with E-state index >= 15 is 0 Å². The highest BCUT2D eigenvalue weighted by molar-refractivity contribution is 9.10. The van der Waals surface area contributed by atoms with Crippen molar-refractivity contribution < 1.29 is 27.6 Å². The van der Waals surface area contributed by atoms with E-state index in [1.54, 1.807) is 30.3 Å². The van der Waals surface area contributed by atoms with Crippen LogP contribution in [0.3, 0.4) is 0 Å². The number of nitrogens with one attached hydrogen (secondary N) is 1. The minimum Gasteiger partial charge on any atom is -0.334 e. The van der Waals surface area contributed by atoms with E-state index < -0.39 is 42.7 Å². The zero-order valence-electron chi connectivity index (χ0n) is 17.5. The number of alkyl halides is 3. The van der Waals surface area contributed by atoms with Gasteiger partial charge in [0.25, 0.3) is 5.91 Å². The van der Waals surface area contributed by atoms with Gasteiger partial charge >= 0.3 is 6.18 Å². The van der Waals surface area contributed by atoms with Crippen LogP contribution in [0.15, 0.2) is 41.0 Å². The summed E-state index contributed by atoms with van der Waals surface area (Å²) in [5.41, 5.74) is 1.45. The number of aromatic amines is 1. The van der Waals surface area contributed by atoms with E-state index in [-0.39, 0.29) is 24.7 Å². The third kappa shape index (κ3) is 3.65. The molecule has 0 saturated carbocycles. The lowest BCUT2D eigenvalue weighted by Crippen LogP contribution is -2.65. The summed E-state index contributed by atoms with van der Waals surface area (Å²) in [5, 5.41) is 6.64. The number of aromatic nitrogens is 3. The average Bonchev–Trinajstić information content (AvgIpc) is 3.32. The second-order valence-electron chi connectivity index (χ2n) is 8.42. The van der Waals surface area contributed by atoms with Crippen LogP contribution in [-0.4, -0.2) is 63.5 Å². The van der Waals surface area contributed by atoms with E-state index in [0.717, 1.165) is 0 Å². The number of rotatable bonds is 5. The van der Waals surface area contributed by atoms with Crippen molar-refractivity contribution in [2.24, 2.45) is 0 Å². The number of pyridine rings is 1. The molecule has 4 heterocycles. The second kappa shape index (κ2) is 7.90. The Labute approximate surface area is 199 Å². The van der Waals surface area contributed by atoms with Crippen molar-refractivity contribution in [3.05, 3.63) is 52.3 Å². The highest BCUT2D eigenvalue weighted by atomic mass is 79.9. The minimum absolute atomic E-state index is 0.0681. The van der Waals surface area contributed by atoms with Crippen molar-refractivity contribution in [1.29, 1.82) is 0 Å². The molecule has 0 unspecified atom stereocenters. The normalized spacial score (nSPS) is 16.8. The van der Waals surface area contributed by atoms with Gasteiger partial charge in [0.05, 0.1) is 24.7 Å². The number of halogens is 4. The molecule has 3 aromatic rings. The van der Waals surface area contributed by atoms with E-state index in [1.165, 1.54) is 16.0 Å². The second-order valence-corrected chi connectivity index (χ2v) is 9.28. The number of hydrogen-bond acceptors (Lipinski definition) is 5. The molecule has 0 bridgehead atoms. The van der Waals surface area contributed by atoms with Gasteiger partial charge in [-0.25, -0.2) is 4.98 Å². The first-order valence-corrected chi connectivity index (χ1v) is 11.2. The largest absolute Gasteiger partial charge is 0.389 e. The van der Waals surface area contributed by atoms with Crippen LogP contribution in [-0.2, 0) is 15.0 Å². The van der Waals surface area contributed by atoms with Crippen LogP contribution in [0, 0.1) is 0 Å². The number of likely N-dealkylation sites (tertiary alicyclic amines) is 1. The van der Waals surface area contributed by atoms with Gasteiger partial charge < -0.3 is 9.80 Å². The number of ketones is 1. The van der Waals surface area contributed by atoms with Gasteiger partial charge in [0.1, 0.15) is 16.6 Å². The standard InChI is InChI=1S/C22H17BrF3N5O3/c23-13-2-1-3-17-18(13)21(20(34)31(17)9-12(32)6-7-22(24,25)26)10-30(11-21)19(33)15-5-4-14-16(28-15)8-27-29-14/h1-5,8H,6-7,9-11H2,(H,27,29). The molecule has 2 aromatic heterocycles. The van der Waals surface area contributed by atoms with Gasteiger partial charge in [-0.1, -0.05) is 22.0 Å². The molecule has 8 nitrogen and oxygen atoms in total. The number of H-pyrrole nitrogens is 1. The zero-order valence-corrected chi connectivity index (χ0v) is 19.1. The highest BCUT2D eigenvalue weighted by Crippen LogP contribution is 2.50. The summed E-state index contributed by atoms with van der Waals surface area (Å²) in [6, 6.07) is 8.36. The number of Topliss-reactive ketones (excluding diaryl/α,β-unsaturated/α-hetero) is 1. The monoisotopic (exact) mass is 535 g/mol. The summed E-state index contributed by atoms with van der Waals surface area (Å²) in [7, 11) is 0. The van der Waals surface area contributed by atoms with Gasteiger partial charge in [-0.15, -0.1) is 0 Å². The van der Waals surface area contributed by atoms with E-state index in [4.69, 9.17) is 0 Å². The number of hydrogen-bond donors (Lipinski definition) is 1. The minimum atomic E-state index is -4.45. The molecular weight excluding hydrogens is 519 g/mol. The van der Waals surface area contributed by atoms with Crippen molar-refractivity contribution >= 4 is 50.2 Å². The van der Waals surface area contributed by atoms with E-state index in [9.17, 15) is 27.6 Å². The molecule has 12 heteroatoms. The number of amides is 2. The van der Waals surface area contributed by atoms with Crippen LogP contribution < -0.4 is 4.90 Å². The molecule has 176 valence electrons. The third-order valence-corrected chi connectivity index (χ3v) is 6.82. The van der Waals surface area contributed by atoms with Crippen LogP contribution in [0.4, 0.5) is 18.9 Å². The number of fused-ring (bicyclic) bond motifs is 3. The maximum atomic E-state index is 13.5. The fourth-order valence-electron chi connectivity index (χ4n) is 4.53. The predicted molar refractivity (Wildman–Crippen MR) is 118 cm³/mol. The zero-order chi connectivity index (χ0) is 24.3. The van der Waals surface area contributed by atoms with E-state index in [1.807, 2.05) is 0 Å². The van der Waals surface area contributed by atoms with Crippen molar-refractivity contribution in [2.45, 2.75) is 24.4 Å². The van der Waals surface area contributed by atoms with Crippen molar-refractivity contribution in [3.8, 4) is 0 Å². The molecule has 5 rings (SSSR count). The molecule has 0 atom stereocenters. The van der Waals surface area contributed by atoms with Gasteiger partial charge in [0, 0.05) is 35.2 Å². The summed E-state index contributed by atoms with van der Waals surface area (Å²) in [6.07, 6.45) is -4.88. The topological polar surface area (TPSA) is 99.3 Å². The third-order valence-electron chi connectivity index (χ3n) is 6.16. The Bertz CT molecular complexity index is 1330. The average molecular weight is 536 g/mol. The molecule has 34 heavy (non-hydrogen) atoms. The first-order valence-electron chi connectivity index (χ1n) is 10.4. The molecule has 2 amide bonds. The van der Waals surface area contributed by atoms with Crippen LogP contribution in [0.2, 0.25) is 0 Å². The Kier molecular flexibility index (Phi) is 5.23. The molecule has 1 fully saturated rings. The first-order chi connectivity index (χ1) is 16.1. The molecule has 1 spiro atoms. The van der Waals surface area contributed by atoms with Crippen LogP contribution in [0.1, 0.15) is 28.9 Å². The molecule has 1 aromatic carbocycles. The SMILES string of the molecule is O=C(CCC(F)(F)F)CN1C(=O)C2(CN(C(=O)c3ccc4[nH]ncc4n3)C2)c2c(Br)cccc21. The Morgan fingerprint density at radius 3 is 2.68 bits per heavy atom. The van der Waals surface area contributed by atoms with Gasteiger partial charge in [-0.2, -0.15) is 18.3 Å². The molecule has 2 aliphatic heterocycles. The summed E-state index contributed by atoms with van der Waals surface area (Å²) >= 11 is 3.46. The van der Waals surface area contributed by atoms with Crippen molar-refractivity contribution in [3.63, 3.8) is 0 Å². The maximum Gasteiger partial charge on any atom is 0.389 e. The fourth-order valence-corrected chi connectivity index (χ4v) is 5.27. The fraction of sp³-hybridized carbons (Fsp3) is 0.318. The van der Waals surface area contributed by atoms with Crippen LogP contribution in [0.25, 0.3) is 11.0 Å². The summed E-state index contributed by atoms with van der Waals surface area (Å²) in [6.45, 7) is -0.315. The quantitative estimate of drug-likeness (QED) is 0.540. The first kappa shape index (κ1) is 22.5. The highest BCUT2D eigenvalue weighted by Gasteiger charge is 2.60. The predicted octanol–water partition coefficient (Wildman–Crippen LogP) is 3.37.